The Labute approximate surface area is 152 Å². The van der Waals surface area contributed by atoms with Gasteiger partial charge in [0, 0.05) is 30.8 Å². The highest BCUT2D eigenvalue weighted by Gasteiger charge is 2.27. The zero-order valence-electron chi connectivity index (χ0n) is 14.4. The lowest BCUT2D eigenvalue weighted by Crippen LogP contribution is -2.40. The molecule has 1 aromatic carbocycles. The number of piperidine rings is 1. The van der Waals surface area contributed by atoms with E-state index < -0.39 is 5.97 Å². The highest BCUT2D eigenvalue weighted by atomic mass is 32.2. The lowest BCUT2D eigenvalue weighted by Gasteiger charge is -2.30. The molecule has 1 heterocycles. The fourth-order valence-corrected chi connectivity index (χ4v) is 3.24. The average molecular weight is 364 g/mol. The van der Waals surface area contributed by atoms with E-state index in [-0.39, 0.29) is 17.7 Å². The third-order valence-corrected chi connectivity index (χ3v) is 5.00. The van der Waals surface area contributed by atoms with Crippen molar-refractivity contribution in [2.24, 2.45) is 5.92 Å². The first kappa shape index (κ1) is 19.3. The number of benzene rings is 1. The van der Waals surface area contributed by atoms with Gasteiger partial charge in [-0.3, -0.25) is 14.4 Å². The van der Waals surface area contributed by atoms with Crippen LogP contribution in [-0.2, 0) is 9.59 Å². The van der Waals surface area contributed by atoms with Gasteiger partial charge in [-0.25, -0.2) is 0 Å². The van der Waals surface area contributed by atoms with E-state index in [1.54, 1.807) is 40.9 Å². The number of rotatable bonds is 7. The lowest BCUT2D eigenvalue weighted by atomic mass is 9.96. The van der Waals surface area contributed by atoms with Gasteiger partial charge in [-0.15, -0.1) is 0 Å². The summed E-state index contributed by atoms with van der Waals surface area (Å²) in [5.74, 6) is -0.303. The van der Waals surface area contributed by atoms with Gasteiger partial charge in [0.25, 0.3) is 5.91 Å². The Morgan fingerprint density at radius 3 is 2.40 bits per heavy atom. The largest absolute Gasteiger partial charge is 0.481 e. The third-order valence-electron chi connectivity index (χ3n) is 4.30. The predicted octanol–water partition coefficient (Wildman–Crippen LogP) is 2.71. The normalized spacial score (nSPS) is 15.0. The molecular formula is C18H24N2O4S. The molecule has 25 heavy (non-hydrogen) atoms. The van der Waals surface area contributed by atoms with Gasteiger partial charge in [0.1, 0.15) is 0 Å². The molecule has 0 spiro atoms. The fraction of sp³-hybridized carbons (Fsp3) is 0.500. The van der Waals surface area contributed by atoms with Gasteiger partial charge in [-0.1, -0.05) is 0 Å². The van der Waals surface area contributed by atoms with E-state index in [0.29, 0.717) is 43.6 Å². The lowest BCUT2D eigenvalue weighted by molar-refractivity contribution is -0.143. The standard InChI is InChI=1S/C18H24N2O4S/c1-25-12-2-3-16(21)19-15-6-4-13(5-7-15)17(22)20-10-8-14(9-11-20)18(23)24/h4-7,14H,2-3,8-12H2,1H3,(H,19,21)(H,23,24). The second-order valence-corrected chi connectivity index (χ2v) is 7.11. The molecule has 0 saturated carbocycles. The van der Waals surface area contributed by atoms with E-state index in [1.807, 2.05) is 6.26 Å². The second-order valence-electron chi connectivity index (χ2n) is 6.13. The third kappa shape index (κ3) is 5.77. The minimum atomic E-state index is -0.787. The zero-order valence-corrected chi connectivity index (χ0v) is 15.2. The van der Waals surface area contributed by atoms with Crippen molar-refractivity contribution in [3.05, 3.63) is 29.8 Å². The number of nitrogens with one attached hydrogen (secondary N) is 1. The number of likely N-dealkylation sites (tertiary alicyclic amines) is 1. The number of amides is 2. The Kier molecular flexibility index (Phi) is 7.31. The van der Waals surface area contributed by atoms with Gasteiger partial charge >= 0.3 is 5.97 Å². The minimum absolute atomic E-state index is 0.0242. The average Bonchev–Trinajstić information content (AvgIpc) is 2.62. The van der Waals surface area contributed by atoms with Crippen LogP contribution in [0.2, 0.25) is 0 Å². The van der Waals surface area contributed by atoms with Gasteiger partial charge in [-0.2, -0.15) is 11.8 Å². The molecule has 2 amide bonds. The van der Waals surface area contributed by atoms with Crippen molar-refractivity contribution in [2.45, 2.75) is 25.7 Å². The maximum Gasteiger partial charge on any atom is 0.306 e. The van der Waals surface area contributed by atoms with Gasteiger partial charge in [0.05, 0.1) is 5.92 Å². The smallest absolute Gasteiger partial charge is 0.306 e. The number of nitrogens with zero attached hydrogens (tertiary/aromatic N) is 1. The van der Waals surface area contributed by atoms with Crippen molar-refractivity contribution >= 4 is 35.2 Å². The summed E-state index contributed by atoms with van der Waals surface area (Å²) >= 11 is 1.72. The molecule has 1 aliphatic rings. The van der Waals surface area contributed by atoms with Crippen LogP contribution in [0.1, 0.15) is 36.0 Å². The van der Waals surface area contributed by atoms with E-state index in [1.165, 1.54) is 0 Å². The van der Waals surface area contributed by atoms with Crippen LogP contribution in [-0.4, -0.2) is 52.9 Å². The highest BCUT2D eigenvalue weighted by Crippen LogP contribution is 2.20. The quantitative estimate of drug-likeness (QED) is 0.727. The summed E-state index contributed by atoms with van der Waals surface area (Å²) < 4.78 is 0. The van der Waals surface area contributed by atoms with E-state index in [9.17, 15) is 14.4 Å². The number of carboxylic acid groups (broad SMARTS) is 1. The number of carbonyl (C=O) groups excluding carboxylic acids is 2. The molecule has 6 nitrogen and oxygen atoms in total. The van der Waals surface area contributed by atoms with Crippen molar-refractivity contribution in [2.75, 3.05) is 30.4 Å². The van der Waals surface area contributed by atoms with Gasteiger partial charge in [0.2, 0.25) is 5.91 Å². The Morgan fingerprint density at radius 2 is 1.84 bits per heavy atom. The molecule has 0 atom stereocenters. The number of carboxylic acids is 1. The topological polar surface area (TPSA) is 86.7 Å². The van der Waals surface area contributed by atoms with Crippen LogP contribution in [0.3, 0.4) is 0 Å². The Hall–Kier alpha value is -2.02. The number of carbonyl (C=O) groups is 3. The number of anilines is 1. The van der Waals surface area contributed by atoms with E-state index in [2.05, 4.69) is 5.32 Å². The highest BCUT2D eigenvalue weighted by molar-refractivity contribution is 7.98. The maximum absolute atomic E-state index is 12.5. The summed E-state index contributed by atoms with van der Waals surface area (Å²) in [6.45, 7) is 0.924. The van der Waals surface area contributed by atoms with Crippen molar-refractivity contribution in [3.63, 3.8) is 0 Å². The summed E-state index contributed by atoms with van der Waals surface area (Å²) in [6, 6.07) is 6.85. The summed E-state index contributed by atoms with van der Waals surface area (Å²) in [4.78, 5) is 36.9. The van der Waals surface area contributed by atoms with Gasteiger partial charge in [-0.05, 0) is 55.5 Å². The summed E-state index contributed by atoms with van der Waals surface area (Å²) in [5.41, 5.74) is 1.23. The molecule has 1 fully saturated rings. The zero-order chi connectivity index (χ0) is 18.2. The van der Waals surface area contributed by atoms with Gasteiger partial charge < -0.3 is 15.3 Å². The van der Waals surface area contributed by atoms with Crippen LogP contribution in [0, 0.1) is 5.92 Å². The molecule has 1 saturated heterocycles. The molecule has 2 N–H and O–H groups in total. The molecule has 0 aromatic heterocycles. The summed E-state index contributed by atoms with van der Waals surface area (Å²) in [6.07, 6.45) is 4.32. The van der Waals surface area contributed by atoms with Crippen molar-refractivity contribution in [1.29, 1.82) is 0 Å². The first-order valence-corrected chi connectivity index (χ1v) is 9.81. The first-order chi connectivity index (χ1) is 12.0. The predicted molar refractivity (Wildman–Crippen MR) is 99.0 cm³/mol. The Bertz CT molecular complexity index is 610. The number of hydrogen-bond donors (Lipinski definition) is 2. The van der Waals surface area contributed by atoms with Crippen molar-refractivity contribution in [3.8, 4) is 0 Å². The van der Waals surface area contributed by atoms with E-state index in [0.717, 1.165) is 12.2 Å². The monoisotopic (exact) mass is 364 g/mol. The molecule has 2 rings (SSSR count). The molecule has 0 aliphatic carbocycles. The molecule has 7 heteroatoms. The molecule has 0 radical (unpaired) electrons. The summed E-state index contributed by atoms with van der Waals surface area (Å²) in [5, 5.41) is 11.8. The molecule has 136 valence electrons. The minimum Gasteiger partial charge on any atom is -0.481 e. The maximum atomic E-state index is 12.5. The van der Waals surface area contributed by atoms with Crippen LogP contribution in [0.25, 0.3) is 0 Å². The van der Waals surface area contributed by atoms with Gasteiger partial charge in [0.15, 0.2) is 0 Å². The molecule has 0 unspecified atom stereocenters. The van der Waals surface area contributed by atoms with Crippen molar-refractivity contribution in [1.82, 2.24) is 4.90 Å². The first-order valence-electron chi connectivity index (χ1n) is 8.42. The van der Waals surface area contributed by atoms with Crippen LogP contribution in [0.15, 0.2) is 24.3 Å². The number of hydrogen-bond acceptors (Lipinski definition) is 4. The van der Waals surface area contributed by atoms with E-state index in [4.69, 9.17) is 5.11 Å². The fourth-order valence-electron chi connectivity index (χ4n) is 2.81. The van der Waals surface area contributed by atoms with Crippen LogP contribution in [0.5, 0.6) is 0 Å². The Morgan fingerprint density at radius 1 is 1.20 bits per heavy atom. The van der Waals surface area contributed by atoms with Crippen LogP contribution >= 0.6 is 11.8 Å². The molecule has 1 aromatic rings. The molecule has 1 aliphatic heterocycles. The Balaban J connectivity index is 1.86. The molecule has 0 bridgehead atoms. The van der Waals surface area contributed by atoms with Crippen LogP contribution < -0.4 is 5.32 Å². The van der Waals surface area contributed by atoms with Crippen LogP contribution in [0.4, 0.5) is 5.69 Å². The number of aliphatic carboxylic acids is 1. The number of thioether (sulfide) groups is 1. The van der Waals surface area contributed by atoms with Crippen molar-refractivity contribution < 1.29 is 19.5 Å². The SMILES string of the molecule is CSCCCC(=O)Nc1ccc(C(=O)N2CCC(C(=O)O)CC2)cc1. The molecular weight excluding hydrogens is 340 g/mol. The van der Waals surface area contributed by atoms with E-state index >= 15 is 0 Å². The second kappa shape index (κ2) is 9.46. The summed E-state index contributed by atoms with van der Waals surface area (Å²) in [7, 11) is 0.